The Balaban J connectivity index is 0.00000176. The van der Waals surface area contributed by atoms with E-state index in [1.54, 1.807) is 0 Å². The molecule has 2 amide bonds. The van der Waals surface area contributed by atoms with Crippen LogP contribution in [0.2, 0.25) is 0 Å². The molecule has 22 heavy (non-hydrogen) atoms. The maximum Gasteiger partial charge on any atom is 0.227 e. The van der Waals surface area contributed by atoms with Crippen molar-refractivity contribution in [2.75, 3.05) is 13.1 Å². The van der Waals surface area contributed by atoms with Gasteiger partial charge in [0.1, 0.15) is 0 Å². The van der Waals surface area contributed by atoms with E-state index >= 15 is 0 Å². The first-order valence-electron chi connectivity index (χ1n) is 8.39. The molecule has 126 valence electrons. The second-order valence-corrected chi connectivity index (χ2v) is 7.23. The van der Waals surface area contributed by atoms with Gasteiger partial charge in [-0.2, -0.15) is 0 Å². The number of primary amides is 1. The van der Waals surface area contributed by atoms with E-state index in [-0.39, 0.29) is 36.2 Å². The second kappa shape index (κ2) is 7.18. The average molecular weight is 330 g/mol. The van der Waals surface area contributed by atoms with Crippen molar-refractivity contribution in [2.45, 2.75) is 51.0 Å². The maximum absolute atomic E-state index is 12.8. The first-order valence-corrected chi connectivity index (χ1v) is 8.39. The quantitative estimate of drug-likeness (QED) is 0.814. The Kier molecular flexibility index (Phi) is 5.72. The molecule has 6 heteroatoms. The Hall–Kier alpha value is -0.810. The summed E-state index contributed by atoms with van der Waals surface area (Å²) in [5.41, 5.74) is 11.5. The van der Waals surface area contributed by atoms with Gasteiger partial charge in [0.2, 0.25) is 11.8 Å². The minimum absolute atomic E-state index is 0. The molecule has 0 radical (unpaired) electrons. The lowest BCUT2D eigenvalue weighted by Gasteiger charge is -2.37. The summed E-state index contributed by atoms with van der Waals surface area (Å²) in [5.74, 6) is 1.60. The lowest BCUT2D eigenvalue weighted by atomic mass is 9.83. The Labute approximate surface area is 138 Å². The molecule has 3 aliphatic rings. The third-order valence-corrected chi connectivity index (χ3v) is 5.90. The van der Waals surface area contributed by atoms with Crippen molar-refractivity contribution in [1.82, 2.24) is 4.90 Å². The van der Waals surface area contributed by atoms with Crippen LogP contribution in [0.3, 0.4) is 0 Å². The molecule has 5 unspecified atom stereocenters. The summed E-state index contributed by atoms with van der Waals surface area (Å²) >= 11 is 0. The summed E-state index contributed by atoms with van der Waals surface area (Å²) in [6, 6.07) is 0.0715. The van der Waals surface area contributed by atoms with Gasteiger partial charge in [-0.1, -0.05) is 0 Å². The van der Waals surface area contributed by atoms with Crippen molar-refractivity contribution in [3.63, 3.8) is 0 Å². The lowest BCUT2D eigenvalue weighted by molar-refractivity contribution is -0.139. The maximum atomic E-state index is 12.8. The number of halogens is 1. The van der Waals surface area contributed by atoms with E-state index in [4.69, 9.17) is 11.5 Å². The average Bonchev–Trinajstić information content (AvgIpc) is 3.05. The van der Waals surface area contributed by atoms with Crippen LogP contribution in [0.4, 0.5) is 0 Å². The molecule has 5 atom stereocenters. The molecule has 5 nitrogen and oxygen atoms in total. The van der Waals surface area contributed by atoms with Crippen LogP contribution in [-0.4, -0.2) is 35.8 Å². The summed E-state index contributed by atoms with van der Waals surface area (Å²) < 4.78 is 0. The fraction of sp³-hybridized carbons (Fsp3) is 0.875. The zero-order valence-electron chi connectivity index (χ0n) is 13.1. The van der Waals surface area contributed by atoms with Crippen molar-refractivity contribution in [1.29, 1.82) is 0 Å². The first kappa shape index (κ1) is 17.5. The standard InChI is InChI=1S/C16H27N3O2.ClH/c17-13(20)6-3-10-2-1-7-19(9-10)16(21)14-11-4-5-12(8-11)15(14)18;/h10-12,14-15H,1-9,18H2,(H2,17,20);1H. The van der Waals surface area contributed by atoms with Crippen molar-refractivity contribution in [3.05, 3.63) is 0 Å². The number of amides is 2. The molecule has 0 aromatic heterocycles. The Morgan fingerprint density at radius 1 is 1.14 bits per heavy atom. The summed E-state index contributed by atoms with van der Waals surface area (Å²) in [6.45, 7) is 1.64. The van der Waals surface area contributed by atoms with Crippen LogP contribution < -0.4 is 11.5 Å². The van der Waals surface area contributed by atoms with Crippen LogP contribution in [0.5, 0.6) is 0 Å². The monoisotopic (exact) mass is 329 g/mol. The van der Waals surface area contributed by atoms with Crippen molar-refractivity contribution < 1.29 is 9.59 Å². The fourth-order valence-electron chi connectivity index (χ4n) is 4.76. The van der Waals surface area contributed by atoms with Gasteiger partial charge in [0.25, 0.3) is 0 Å². The molecule has 3 fully saturated rings. The molecule has 0 aromatic carbocycles. The van der Waals surface area contributed by atoms with Gasteiger partial charge >= 0.3 is 0 Å². The number of carbonyl (C=O) groups excluding carboxylic acids is 2. The highest BCUT2D eigenvalue weighted by Gasteiger charge is 2.50. The van der Waals surface area contributed by atoms with Gasteiger partial charge in [-0.05, 0) is 56.3 Å². The molecular formula is C16H28ClN3O2. The highest BCUT2D eigenvalue weighted by Crippen LogP contribution is 2.48. The van der Waals surface area contributed by atoms with Crippen molar-refractivity contribution in [2.24, 2.45) is 35.1 Å². The summed E-state index contributed by atoms with van der Waals surface area (Å²) in [4.78, 5) is 25.8. The van der Waals surface area contributed by atoms with Crippen LogP contribution in [0.25, 0.3) is 0 Å². The summed E-state index contributed by atoms with van der Waals surface area (Å²) in [5, 5.41) is 0. The molecule has 2 bridgehead atoms. The van der Waals surface area contributed by atoms with E-state index in [1.807, 2.05) is 4.90 Å². The Morgan fingerprint density at radius 3 is 2.50 bits per heavy atom. The first-order chi connectivity index (χ1) is 10.1. The van der Waals surface area contributed by atoms with E-state index in [9.17, 15) is 9.59 Å². The van der Waals surface area contributed by atoms with Crippen LogP contribution in [0.15, 0.2) is 0 Å². The number of carbonyl (C=O) groups is 2. The van der Waals surface area contributed by atoms with Gasteiger partial charge in [0.15, 0.2) is 0 Å². The number of nitrogens with zero attached hydrogens (tertiary/aromatic N) is 1. The molecule has 0 spiro atoms. The molecule has 1 heterocycles. The number of likely N-dealkylation sites (tertiary alicyclic amines) is 1. The third kappa shape index (κ3) is 3.40. The predicted molar refractivity (Wildman–Crippen MR) is 87.3 cm³/mol. The smallest absolute Gasteiger partial charge is 0.227 e. The predicted octanol–water partition coefficient (Wildman–Crippen LogP) is 1.29. The molecule has 1 saturated heterocycles. The number of fused-ring (bicyclic) bond motifs is 2. The topological polar surface area (TPSA) is 89.4 Å². The zero-order valence-corrected chi connectivity index (χ0v) is 13.9. The van der Waals surface area contributed by atoms with E-state index in [0.717, 1.165) is 38.8 Å². The number of hydrogen-bond acceptors (Lipinski definition) is 3. The largest absolute Gasteiger partial charge is 0.370 e. The van der Waals surface area contributed by atoms with Crippen molar-refractivity contribution in [3.8, 4) is 0 Å². The second-order valence-electron chi connectivity index (χ2n) is 7.23. The number of rotatable bonds is 4. The highest BCUT2D eigenvalue weighted by atomic mass is 35.5. The Morgan fingerprint density at radius 2 is 1.86 bits per heavy atom. The highest BCUT2D eigenvalue weighted by molar-refractivity contribution is 5.85. The fourth-order valence-corrected chi connectivity index (χ4v) is 4.76. The molecule has 1 aliphatic heterocycles. The normalized spacial score (nSPS) is 37.0. The SMILES string of the molecule is Cl.NC(=O)CCC1CCCN(C(=O)C2C3CCC(C3)C2N)C1. The van der Waals surface area contributed by atoms with Gasteiger partial charge in [0.05, 0.1) is 5.92 Å². The van der Waals surface area contributed by atoms with Gasteiger partial charge in [0, 0.05) is 25.6 Å². The molecule has 0 aromatic rings. The van der Waals surface area contributed by atoms with Crippen LogP contribution >= 0.6 is 12.4 Å². The van der Waals surface area contributed by atoms with Gasteiger partial charge < -0.3 is 16.4 Å². The van der Waals surface area contributed by atoms with Gasteiger partial charge in [-0.25, -0.2) is 0 Å². The number of hydrogen-bond donors (Lipinski definition) is 2. The van der Waals surface area contributed by atoms with Gasteiger partial charge in [-0.3, -0.25) is 9.59 Å². The van der Waals surface area contributed by atoms with E-state index in [2.05, 4.69) is 0 Å². The zero-order chi connectivity index (χ0) is 15.0. The van der Waals surface area contributed by atoms with Crippen LogP contribution in [-0.2, 0) is 9.59 Å². The van der Waals surface area contributed by atoms with E-state index in [1.165, 1.54) is 12.8 Å². The van der Waals surface area contributed by atoms with Crippen molar-refractivity contribution >= 4 is 24.2 Å². The van der Waals surface area contributed by atoms with Crippen LogP contribution in [0.1, 0.15) is 44.9 Å². The molecule has 2 saturated carbocycles. The molecular weight excluding hydrogens is 302 g/mol. The summed E-state index contributed by atoms with van der Waals surface area (Å²) in [7, 11) is 0. The number of piperidine rings is 1. The Bertz CT molecular complexity index is 430. The molecule has 4 N–H and O–H groups in total. The molecule has 2 aliphatic carbocycles. The van der Waals surface area contributed by atoms with E-state index in [0.29, 0.717) is 24.2 Å². The lowest BCUT2D eigenvalue weighted by Crippen LogP contribution is -2.50. The van der Waals surface area contributed by atoms with Gasteiger partial charge in [-0.15, -0.1) is 12.4 Å². The third-order valence-electron chi connectivity index (χ3n) is 5.90. The minimum atomic E-state index is -0.242. The summed E-state index contributed by atoms with van der Waals surface area (Å²) in [6.07, 6.45) is 6.90. The molecule has 3 rings (SSSR count). The minimum Gasteiger partial charge on any atom is -0.370 e. The van der Waals surface area contributed by atoms with E-state index < -0.39 is 0 Å². The number of nitrogens with two attached hydrogens (primary N) is 2. The van der Waals surface area contributed by atoms with Crippen LogP contribution in [0, 0.1) is 23.7 Å².